The highest BCUT2D eigenvalue weighted by molar-refractivity contribution is 5.65. The zero-order valence-corrected chi connectivity index (χ0v) is 17.1. The molecule has 150 valence electrons. The van der Waals surface area contributed by atoms with E-state index in [1.807, 2.05) is 0 Å². The highest BCUT2D eigenvalue weighted by atomic mass is 16.5. The maximum atomic E-state index is 10.6. The minimum absolute atomic E-state index is 0.147. The van der Waals surface area contributed by atoms with Crippen LogP contribution >= 0.6 is 0 Å². The minimum atomic E-state index is -0.490. The Kier molecular flexibility index (Phi) is 19.3. The summed E-state index contributed by atoms with van der Waals surface area (Å²) in [5.74, 6) is -0.314. The topological polar surface area (TPSA) is 46.5 Å². The van der Waals surface area contributed by atoms with Gasteiger partial charge in [-0.1, -0.05) is 110 Å². The van der Waals surface area contributed by atoms with Crippen LogP contribution in [0.1, 0.15) is 123 Å². The zero-order valence-electron chi connectivity index (χ0n) is 17.1. The van der Waals surface area contributed by atoms with Gasteiger partial charge in [0.15, 0.2) is 0 Å². The number of esters is 1. The second-order valence-electron chi connectivity index (χ2n) is 7.55. The van der Waals surface area contributed by atoms with E-state index in [9.17, 15) is 9.90 Å². The Morgan fingerprint density at radius 2 is 1.08 bits per heavy atom. The van der Waals surface area contributed by atoms with Gasteiger partial charge in [0.05, 0.1) is 6.10 Å². The first-order chi connectivity index (χ1) is 12.2. The Labute approximate surface area is 156 Å². The third-order valence-corrected chi connectivity index (χ3v) is 4.87. The van der Waals surface area contributed by atoms with Gasteiger partial charge in [0, 0.05) is 6.92 Å². The van der Waals surface area contributed by atoms with Crippen LogP contribution in [0.5, 0.6) is 0 Å². The van der Waals surface area contributed by atoms with Crippen molar-refractivity contribution in [2.75, 3.05) is 6.61 Å². The summed E-state index contributed by atoms with van der Waals surface area (Å²) in [5, 5.41) is 9.64. The summed E-state index contributed by atoms with van der Waals surface area (Å²) in [6.07, 6.45) is 21.9. The van der Waals surface area contributed by atoms with Crippen LogP contribution in [0.4, 0.5) is 0 Å². The average Bonchev–Trinajstić information content (AvgIpc) is 2.59. The number of aliphatic hydroxyl groups is 1. The molecule has 0 aliphatic carbocycles. The molecule has 1 N–H and O–H groups in total. The lowest BCUT2D eigenvalue weighted by molar-refractivity contribution is -0.144. The molecule has 1 unspecified atom stereocenters. The molecule has 0 heterocycles. The van der Waals surface area contributed by atoms with Gasteiger partial charge >= 0.3 is 5.97 Å². The van der Waals surface area contributed by atoms with E-state index in [4.69, 9.17) is 4.74 Å². The quantitative estimate of drug-likeness (QED) is 0.210. The molecule has 25 heavy (non-hydrogen) atoms. The molecule has 0 aromatic carbocycles. The second kappa shape index (κ2) is 19.8. The summed E-state index contributed by atoms with van der Waals surface area (Å²) in [6.45, 7) is 3.80. The van der Waals surface area contributed by atoms with Gasteiger partial charge in [0.25, 0.3) is 0 Å². The Hall–Kier alpha value is -0.570. The van der Waals surface area contributed by atoms with Gasteiger partial charge in [-0.3, -0.25) is 4.79 Å². The van der Waals surface area contributed by atoms with Crippen LogP contribution in [-0.4, -0.2) is 23.8 Å². The molecule has 0 fully saturated rings. The van der Waals surface area contributed by atoms with Crippen LogP contribution in [0.15, 0.2) is 0 Å². The molecule has 0 spiro atoms. The number of aliphatic hydroxyl groups excluding tert-OH is 1. The van der Waals surface area contributed by atoms with Crippen molar-refractivity contribution in [3.63, 3.8) is 0 Å². The van der Waals surface area contributed by atoms with Crippen molar-refractivity contribution in [3.05, 3.63) is 0 Å². The predicted molar refractivity (Wildman–Crippen MR) is 107 cm³/mol. The van der Waals surface area contributed by atoms with E-state index in [0.29, 0.717) is 0 Å². The van der Waals surface area contributed by atoms with E-state index in [2.05, 4.69) is 6.92 Å². The predicted octanol–water partition coefficient (Wildman–Crippen LogP) is 6.56. The summed E-state index contributed by atoms with van der Waals surface area (Å²) in [7, 11) is 0. The molecule has 0 radical (unpaired) electrons. The second-order valence-corrected chi connectivity index (χ2v) is 7.55. The maximum Gasteiger partial charge on any atom is 0.302 e. The summed E-state index contributed by atoms with van der Waals surface area (Å²) < 4.78 is 4.79. The summed E-state index contributed by atoms with van der Waals surface area (Å²) in [5.41, 5.74) is 0. The number of hydrogen-bond acceptors (Lipinski definition) is 3. The lowest BCUT2D eigenvalue weighted by Gasteiger charge is -2.10. The molecule has 0 saturated heterocycles. The molecule has 0 bridgehead atoms. The molecule has 0 aliphatic rings. The standard InChI is InChI=1S/C22H44O3/c1-3-4-5-6-7-8-9-10-11-12-13-14-15-16-17-18-19-22(24)20-25-21(2)23/h22,24H,3-20H2,1-2H3. The molecule has 0 saturated carbocycles. The van der Waals surface area contributed by atoms with Gasteiger partial charge < -0.3 is 9.84 Å². The normalized spacial score (nSPS) is 12.3. The minimum Gasteiger partial charge on any atom is -0.463 e. The monoisotopic (exact) mass is 356 g/mol. The molecule has 3 heteroatoms. The van der Waals surface area contributed by atoms with E-state index in [0.717, 1.165) is 12.8 Å². The zero-order chi connectivity index (χ0) is 18.6. The number of rotatable bonds is 19. The number of ether oxygens (including phenoxy) is 1. The van der Waals surface area contributed by atoms with Crippen LogP contribution < -0.4 is 0 Å². The largest absolute Gasteiger partial charge is 0.463 e. The number of carbonyl (C=O) groups excluding carboxylic acids is 1. The Morgan fingerprint density at radius 1 is 0.720 bits per heavy atom. The van der Waals surface area contributed by atoms with Crippen LogP contribution in [0.25, 0.3) is 0 Å². The fraction of sp³-hybridized carbons (Fsp3) is 0.955. The smallest absolute Gasteiger partial charge is 0.302 e. The van der Waals surface area contributed by atoms with Crippen LogP contribution in [0, 0.1) is 0 Å². The van der Waals surface area contributed by atoms with Crippen LogP contribution in [0.2, 0.25) is 0 Å². The highest BCUT2D eigenvalue weighted by Crippen LogP contribution is 2.14. The molecule has 0 rings (SSSR count). The first-order valence-corrected chi connectivity index (χ1v) is 11.0. The lowest BCUT2D eigenvalue weighted by atomic mass is 10.0. The highest BCUT2D eigenvalue weighted by Gasteiger charge is 2.05. The van der Waals surface area contributed by atoms with E-state index in [-0.39, 0.29) is 12.6 Å². The van der Waals surface area contributed by atoms with Crippen LogP contribution in [-0.2, 0) is 9.53 Å². The maximum absolute atomic E-state index is 10.6. The van der Waals surface area contributed by atoms with E-state index < -0.39 is 6.10 Å². The van der Waals surface area contributed by atoms with Gasteiger partial charge in [-0.05, 0) is 6.42 Å². The van der Waals surface area contributed by atoms with Crippen LogP contribution in [0.3, 0.4) is 0 Å². The van der Waals surface area contributed by atoms with Gasteiger partial charge in [0.1, 0.15) is 6.61 Å². The van der Waals surface area contributed by atoms with Crippen molar-refractivity contribution < 1.29 is 14.6 Å². The molecule has 1 atom stereocenters. The first kappa shape index (κ1) is 24.4. The SMILES string of the molecule is CCCCCCCCCCCCCCCCCCC(O)COC(C)=O. The van der Waals surface area contributed by atoms with E-state index in [1.165, 1.54) is 103 Å². The van der Waals surface area contributed by atoms with Gasteiger partial charge in [-0.2, -0.15) is 0 Å². The Balaban J connectivity index is 3.08. The van der Waals surface area contributed by atoms with E-state index >= 15 is 0 Å². The van der Waals surface area contributed by atoms with Crippen molar-refractivity contribution >= 4 is 5.97 Å². The third-order valence-electron chi connectivity index (χ3n) is 4.87. The Bertz CT molecular complexity index is 278. The van der Waals surface area contributed by atoms with Crippen molar-refractivity contribution in [1.29, 1.82) is 0 Å². The van der Waals surface area contributed by atoms with Crippen molar-refractivity contribution in [2.24, 2.45) is 0 Å². The van der Waals surface area contributed by atoms with Gasteiger partial charge in [-0.25, -0.2) is 0 Å². The number of unbranched alkanes of at least 4 members (excludes halogenated alkanes) is 15. The molecular formula is C22H44O3. The van der Waals surface area contributed by atoms with Crippen molar-refractivity contribution in [3.8, 4) is 0 Å². The fourth-order valence-corrected chi connectivity index (χ4v) is 3.22. The summed E-state index contributed by atoms with van der Waals surface area (Å²) in [4.78, 5) is 10.6. The van der Waals surface area contributed by atoms with Crippen molar-refractivity contribution in [2.45, 2.75) is 129 Å². The Morgan fingerprint density at radius 3 is 1.44 bits per heavy atom. The molecule has 0 amide bonds. The average molecular weight is 357 g/mol. The summed E-state index contributed by atoms with van der Waals surface area (Å²) in [6, 6.07) is 0. The first-order valence-electron chi connectivity index (χ1n) is 11.0. The molecule has 0 aromatic heterocycles. The van der Waals surface area contributed by atoms with Gasteiger partial charge in [0.2, 0.25) is 0 Å². The molecule has 0 aromatic rings. The summed E-state index contributed by atoms with van der Waals surface area (Å²) >= 11 is 0. The van der Waals surface area contributed by atoms with Crippen molar-refractivity contribution in [1.82, 2.24) is 0 Å². The lowest BCUT2D eigenvalue weighted by Crippen LogP contribution is -2.17. The number of hydrogen-bond donors (Lipinski definition) is 1. The number of carbonyl (C=O) groups is 1. The van der Waals surface area contributed by atoms with E-state index in [1.54, 1.807) is 0 Å². The fourth-order valence-electron chi connectivity index (χ4n) is 3.22. The third kappa shape index (κ3) is 21.4. The molecule has 0 aliphatic heterocycles. The molecular weight excluding hydrogens is 312 g/mol. The van der Waals surface area contributed by atoms with Gasteiger partial charge in [-0.15, -0.1) is 0 Å². The molecule has 3 nitrogen and oxygen atoms in total.